The average Bonchev–Trinajstić information content (AvgIpc) is 2.50. The van der Waals surface area contributed by atoms with Gasteiger partial charge in [-0.05, 0) is 35.1 Å². The number of nitrogens with zero attached hydrogens (tertiary/aromatic N) is 2. The zero-order valence-electron chi connectivity index (χ0n) is 7.29. The van der Waals surface area contributed by atoms with E-state index in [1.54, 1.807) is 0 Å². The van der Waals surface area contributed by atoms with Crippen molar-refractivity contribution < 1.29 is 0 Å². The Morgan fingerprint density at radius 2 is 2.38 bits per heavy atom. The molecule has 0 atom stereocenters. The first-order valence-corrected chi connectivity index (χ1v) is 4.87. The molecule has 0 amide bonds. The molecule has 0 unspecified atom stereocenters. The Kier molecular flexibility index (Phi) is 2.33. The second kappa shape index (κ2) is 3.47. The van der Waals surface area contributed by atoms with Crippen LogP contribution >= 0.6 is 15.9 Å². The van der Waals surface area contributed by atoms with Gasteiger partial charge in [0, 0.05) is 12.2 Å². The molecular weight excluding hydrogens is 230 g/mol. The van der Waals surface area contributed by atoms with E-state index in [1.807, 2.05) is 25.4 Å². The van der Waals surface area contributed by atoms with Crippen LogP contribution in [0.25, 0.3) is 5.52 Å². The van der Waals surface area contributed by atoms with Gasteiger partial charge in [-0.3, -0.25) is 4.40 Å². The standard InChI is InChI=1S/C9H10BrN3/c1-11-5-7-3-2-4-8-6-12-9(10)13(7)8/h2-4,6,11H,5H2,1H3. The Balaban J connectivity index is 2.65. The molecule has 2 rings (SSSR count). The highest BCUT2D eigenvalue weighted by Crippen LogP contribution is 2.14. The molecule has 1 N–H and O–H groups in total. The van der Waals surface area contributed by atoms with Gasteiger partial charge in [0.05, 0.1) is 11.7 Å². The van der Waals surface area contributed by atoms with Crippen molar-refractivity contribution in [2.45, 2.75) is 6.54 Å². The molecule has 0 spiro atoms. The predicted octanol–water partition coefficient (Wildman–Crippen LogP) is 1.82. The lowest BCUT2D eigenvalue weighted by molar-refractivity contribution is 0.772. The Morgan fingerprint density at radius 3 is 3.15 bits per heavy atom. The van der Waals surface area contributed by atoms with Crippen molar-refractivity contribution >= 4 is 21.4 Å². The lowest BCUT2D eigenvalue weighted by atomic mass is 10.3. The van der Waals surface area contributed by atoms with E-state index in [9.17, 15) is 0 Å². The number of hydrogen-bond donors (Lipinski definition) is 1. The van der Waals surface area contributed by atoms with Gasteiger partial charge in [0.1, 0.15) is 0 Å². The molecule has 0 saturated heterocycles. The van der Waals surface area contributed by atoms with Gasteiger partial charge < -0.3 is 5.32 Å². The van der Waals surface area contributed by atoms with Gasteiger partial charge in [-0.2, -0.15) is 0 Å². The first kappa shape index (κ1) is 8.72. The number of pyridine rings is 1. The molecule has 0 aliphatic heterocycles. The summed E-state index contributed by atoms with van der Waals surface area (Å²) in [5.41, 5.74) is 2.31. The molecule has 0 bridgehead atoms. The van der Waals surface area contributed by atoms with Gasteiger partial charge in [0.25, 0.3) is 0 Å². The summed E-state index contributed by atoms with van der Waals surface area (Å²) in [7, 11) is 1.93. The number of fused-ring (bicyclic) bond motifs is 1. The molecule has 2 aromatic rings. The third-order valence-corrected chi connectivity index (χ3v) is 2.51. The van der Waals surface area contributed by atoms with Crippen molar-refractivity contribution in [1.82, 2.24) is 14.7 Å². The van der Waals surface area contributed by atoms with E-state index in [0.29, 0.717) is 0 Å². The minimum atomic E-state index is 0.840. The molecule has 0 radical (unpaired) electrons. The summed E-state index contributed by atoms with van der Waals surface area (Å²) < 4.78 is 2.93. The normalized spacial score (nSPS) is 10.9. The maximum absolute atomic E-state index is 4.19. The zero-order chi connectivity index (χ0) is 9.26. The van der Waals surface area contributed by atoms with Crippen LogP contribution in [0.15, 0.2) is 29.1 Å². The van der Waals surface area contributed by atoms with Crippen LogP contribution in [-0.4, -0.2) is 16.4 Å². The van der Waals surface area contributed by atoms with Gasteiger partial charge in [-0.25, -0.2) is 4.98 Å². The first-order chi connectivity index (χ1) is 6.33. The van der Waals surface area contributed by atoms with Gasteiger partial charge >= 0.3 is 0 Å². The maximum atomic E-state index is 4.19. The highest BCUT2D eigenvalue weighted by molar-refractivity contribution is 9.10. The molecule has 3 nitrogen and oxygen atoms in total. The number of aromatic nitrogens is 2. The molecule has 0 aliphatic rings. The Morgan fingerprint density at radius 1 is 1.54 bits per heavy atom. The second-order valence-corrected chi connectivity index (χ2v) is 3.54. The van der Waals surface area contributed by atoms with Gasteiger partial charge in [-0.1, -0.05) is 6.07 Å². The van der Waals surface area contributed by atoms with Crippen molar-refractivity contribution in [3.05, 3.63) is 34.8 Å². The summed E-state index contributed by atoms with van der Waals surface area (Å²) in [4.78, 5) is 4.19. The van der Waals surface area contributed by atoms with Gasteiger partial charge in [0.15, 0.2) is 4.73 Å². The van der Waals surface area contributed by atoms with Crippen LogP contribution in [0.4, 0.5) is 0 Å². The van der Waals surface area contributed by atoms with E-state index < -0.39 is 0 Å². The highest BCUT2D eigenvalue weighted by Gasteiger charge is 2.03. The summed E-state index contributed by atoms with van der Waals surface area (Å²) in [5.74, 6) is 0. The second-order valence-electron chi connectivity index (χ2n) is 2.83. The molecule has 2 heterocycles. The summed E-state index contributed by atoms with van der Waals surface area (Å²) >= 11 is 3.41. The highest BCUT2D eigenvalue weighted by atomic mass is 79.9. The van der Waals surface area contributed by atoms with E-state index in [1.165, 1.54) is 5.69 Å². The molecule has 4 heteroatoms. The fraction of sp³-hybridized carbons (Fsp3) is 0.222. The summed E-state index contributed by atoms with van der Waals surface area (Å²) in [6, 6.07) is 6.16. The number of nitrogens with one attached hydrogen (secondary N) is 1. The summed E-state index contributed by atoms with van der Waals surface area (Å²) in [5, 5.41) is 3.12. The van der Waals surface area contributed by atoms with Crippen molar-refractivity contribution in [3.63, 3.8) is 0 Å². The molecule has 0 fully saturated rings. The molecule has 0 saturated carbocycles. The molecule has 68 valence electrons. The Hall–Kier alpha value is -0.870. The minimum Gasteiger partial charge on any atom is -0.314 e. The van der Waals surface area contributed by atoms with Crippen molar-refractivity contribution in [2.75, 3.05) is 7.05 Å². The Bertz CT molecular complexity index is 422. The number of imidazole rings is 1. The molecular formula is C9H10BrN3. The maximum Gasteiger partial charge on any atom is 0.181 e. The molecule has 0 aliphatic carbocycles. The van der Waals surface area contributed by atoms with Gasteiger partial charge in [0.2, 0.25) is 0 Å². The van der Waals surface area contributed by atoms with Crippen LogP contribution in [0.2, 0.25) is 0 Å². The fourth-order valence-corrected chi connectivity index (χ4v) is 1.93. The molecule has 2 aromatic heterocycles. The van der Waals surface area contributed by atoms with E-state index in [-0.39, 0.29) is 0 Å². The molecule has 13 heavy (non-hydrogen) atoms. The molecule has 0 aromatic carbocycles. The van der Waals surface area contributed by atoms with E-state index >= 15 is 0 Å². The lowest BCUT2D eigenvalue weighted by Gasteiger charge is -2.04. The predicted molar refractivity (Wildman–Crippen MR) is 55.7 cm³/mol. The monoisotopic (exact) mass is 239 g/mol. The average molecular weight is 240 g/mol. The van der Waals surface area contributed by atoms with Crippen LogP contribution in [-0.2, 0) is 6.54 Å². The minimum absolute atomic E-state index is 0.840. The largest absolute Gasteiger partial charge is 0.314 e. The topological polar surface area (TPSA) is 29.3 Å². The van der Waals surface area contributed by atoms with Crippen molar-refractivity contribution in [2.24, 2.45) is 0 Å². The van der Waals surface area contributed by atoms with Crippen molar-refractivity contribution in [3.8, 4) is 0 Å². The van der Waals surface area contributed by atoms with E-state index in [0.717, 1.165) is 16.8 Å². The number of halogens is 1. The lowest BCUT2D eigenvalue weighted by Crippen LogP contribution is -2.09. The van der Waals surface area contributed by atoms with Crippen LogP contribution in [0.3, 0.4) is 0 Å². The van der Waals surface area contributed by atoms with Gasteiger partial charge in [-0.15, -0.1) is 0 Å². The third-order valence-electron chi connectivity index (χ3n) is 1.95. The van der Waals surface area contributed by atoms with Crippen LogP contribution in [0.1, 0.15) is 5.69 Å². The van der Waals surface area contributed by atoms with Crippen LogP contribution in [0, 0.1) is 0 Å². The fourth-order valence-electron chi connectivity index (χ4n) is 1.39. The third kappa shape index (κ3) is 1.47. The van der Waals surface area contributed by atoms with E-state index in [2.05, 4.69) is 36.7 Å². The number of hydrogen-bond acceptors (Lipinski definition) is 2. The summed E-state index contributed by atoms with van der Waals surface area (Å²) in [6.07, 6.45) is 1.85. The quantitative estimate of drug-likeness (QED) is 0.867. The smallest absolute Gasteiger partial charge is 0.181 e. The van der Waals surface area contributed by atoms with Crippen molar-refractivity contribution in [1.29, 1.82) is 0 Å². The SMILES string of the molecule is CNCc1cccc2cnc(Br)n12. The summed E-state index contributed by atoms with van der Waals surface area (Å²) in [6.45, 7) is 0.840. The van der Waals surface area contributed by atoms with Crippen LogP contribution < -0.4 is 5.32 Å². The first-order valence-electron chi connectivity index (χ1n) is 4.08. The number of rotatable bonds is 2. The van der Waals surface area contributed by atoms with E-state index in [4.69, 9.17) is 0 Å². The Labute approximate surface area is 84.9 Å². The zero-order valence-corrected chi connectivity index (χ0v) is 8.87. The van der Waals surface area contributed by atoms with Crippen LogP contribution in [0.5, 0.6) is 0 Å².